The van der Waals surface area contributed by atoms with Crippen molar-refractivity contribution < 1.29 is 15.8 Å². The van der Waals surface area contributed by atoms with Crippen LogP contribution in [0.25, 0.3) is 16.7 Å². The molecule has 0 saturated heterocycles. The Hall–Kier alpha value is -2.93. The normalized spacial score (nSPS) is 15.7. The number of ether oxygens (including phenoxy) is 1. The van der Waals surface area contributed by atoms with Crippen LogP contribution in [-0.2, 0) is 16.5 Å². The van der Waals surface area contributed by atoms with Crippen molar-refractivity contribution in [3.05, 3.63) is 66.2 Å². The summed E-state index contributed by atoms with van der Waals surface area (Å²) in [6.45, 7) is 1.49. The van der Waals surface area contributed by atoms with Gasteiger partial charge in [-0.1, -0.05) is 0 Å². The number of aromatic nitrogens is 4. The number of methoxy groups -OCH3 is 1. The highest BCUT2D eigenvalue weighted by atomic mass is 32.2. The fourth-order valence-corrected chi connectivity index (χ4v) is 3.36. The van der Waals surface area contributed by atoms with Crippen LogP contribution >= 0.6 is 0 Å². The molecular formula is C19H18N4O2S. The summed E-state index contributed by atoms with van der Waals surface area (Å²) < 4.78 is 61.2. The fraction of sp³-hybridized carbons (Fsp3) is 0.158. The maximum absolute atomic E-state index is 13.3. The summed E-state index contributed by atoms with van der Waals surface area (Å²) in [5.41, 5.74) is -1.13. The molecule has 1 aromatic carbocycles. The molecule has 0 saturated carbocycles. The predicted molar refractivity (Wildman–Crippen MR) is 101 cm³/mol. The molecule has 3 heterocycles. The zero-order valence-corrected chi connectivity index (χ0v) is 14.9. The number of hydrogen-bond acceptors (Lipinski definition) is 4. The van der Waals surface area contributed by atoms with Crippen LogP contribution in [0.3, 0.4) is 0 Å². The first-order valence-electron chi connectivity index (χ1n) is 10.2. The Labute approximate surface area is 160 Å². The molecule has 0 amide bonds. The SMILES string of the molecule is [2H]c1nc(C([2H])([2H])S(=O)c2nc3cc(-n4cccc4)ccc3n2[2H])c(C)c(OC)c1[2H]. The van der Waals surface area contributed by atoms with Crippen LogP contribution in [-0.4, -0.2) is 30.8 Å². The molecule has 0 aliphatic carbocycles. The van der Waals surface area contributed by atoms with E-state index in [4.69, 9.17) is 11.6 Å². The van der Waals surface area contributed by atoms with E-state index in [0.29, 0.717) is 11.0 Å². The van der Waals surface area contributed by atoms with Crippen molar-refractivity contribution in [1.82, 2.24) is 19.5 Å². The van der Waals surface area contributed by atoms with E-state index in [9.17, 15) is 4.21 Å². The maximum Gasteiger partial charge on any atom is 0.197 e. The molecule has 0 radical (unpaired) electrons. The molecule has 132 valence electrons. The average Bonchev–Trinajstić information content (AvgIpc) is 3.38. The van der Waals surface area contributed by atoms with Crippen LogP contribution in [0.15, 0.2) is 60.1 Å². The largest absolute Gasteiger partial charge is 0.496 e. The van der Waals surface area contributed by atoms with Gasteiger partial charge in [-0.05, 0) is 43.3 Å². The molecule has 0 spiro atoms. The summed E-state index contributed by atoms with van der Waals surface area (Å²) in [6, 6.07) is 8.62. The van der Waals surface area contributed by atoms with Crippen LogP contribution in [0.2, 0.25) is 1.41 Å². The van der Waals surface area contributed by atoms with Crippen molar-refractivity contribution in [3.63, 3.8) is 0 Å². The molecule has 4 rings (SSSR count). The van der Waals surface area contributed by atoms with Gasteiger partial charge in [-0.15, -0.1) is 0 Å². The zero-order chi connectivity index (χ0) is 22.5. The molecule has 6 nitrogen and oxygen atoms in total. The topological polar surface area (TPSA) is 72.8 Å². The maximum atomic E-state index is 13.3. The van der Waals surface area contributed by atoms with Crippen LogP contribution in [0.1, 0.15) is 16.7 Å². The lowest BCUT2D eigenvalue weighted by atomic mass is 10.2. The third-order valence-electron chi connectivity index (χ3n) is 3.89. The minimum absolute atomic E-state index is 0.00776. The number of rotatable bonds is 5. The molecule has 0 aliphatic rings. The van der Waals surface area contributed by atoms with Crippen LogP contribution in [0, 0.1) is 6.92 Å². The van der Waals surface area contributed by atoms with Gasteiger partial charge in [-0.2, -0.15) is 0 Å². The van der Waals surface area contributed by atoms with Crippen molar-refractivity contribution in [3.8, 4) is 11.4 Å². The Balaban J connectivity index is 1.82. The fourth-order valence-electron chi connectivity index (χ4n) is 2.53. The molecule has 0 aliphatic heterocycles. The number of pyridine rings is 1. The van der Waals surface area contributed by atoms with Gasteiger partial charge in [0.05, 0.1) is 43.1 Å². The first kappa shape index (κ1) is 11.6. The van der Waals surface area contributed by atoms with Gasteiger partial charge in [0.15, 0.2) is 6.57 Å². The van der Waals surface area contributed by atoms with E-state index in [1.54, 1.807) is 18.2 Å². The second-order valence-corrected chi connectivity index (χ2v) is 6.60. The van der Waals surface area contributed by atoms with Crippen LogP contribution in [0.5, 0.6) is 5.75 Å². The molecule has 0 bridgehead atoms. The summed E-state index contributed by atoms with van der Waals surface area (Å²) in [5.74, 6) is -0.00776. The summed E-state index contributed by atoms with van der Waals surface area (Å²) >= 11 is 0. The van der Waals surface area contributed by atoms with Gasteiger partial charge in [-0.25, -0.2) is 4.98 Å². The average molecular weight is 371 g/mol. The van der Waals surface area contributed by atoms with E-state index < -0.39 is 22.7 Å². The van der Waals surface area contributed by atoms with Gasteiger partial charge < -0.3 is 14.3 Å². The van der Waals surface area contributed by atoms with Crippen molar-refractivity contribution in [2.24, 2.45) is 0 Å². The van der Waals surface area contributed by atoms with Gasteiger partial charge in [-0.3, -0.25) is 9.19 Å². The van der Waals surface area contributed by atoms with E-state index >= 15 is 0 Å². The third-order valence-corrected chi connectivity index (χ3v) is 4.78. The first-order chi connectivity index (χ1) is 14.7. The standard InChI is InChI=1S/C19H18N4O2S/c1-13-17(20-8-7-18(13)25-2)12-26(24)19-21-15-6-5-14(11-16(15)22-19)23-9-3-4-10-23/h3-11H,12H2,1-2H3,(H,21,22)/i7D,8D,12D2/hD. The Morgan fingerprint density at radius 2 is 2.23 bits per heavy atom. The Kier molecular flexibility index (Phi) is 3.03. The molecule has 3 aromatic heterocycles. The minimum Gasteiger partial charge on any atom is -0.496 e. The van der Waals surface area contributed by atoms with E-state index in [1.807, 2.05) is 29.1 Å². The Bertz CT molecular complexity index is 1320. The second-order valence-electron chi connectivity index (χ2n) is 5.50. The van der Waals surface area contributed by atoms with Crippen LogP contribution in [0.4, 0.5) is 0 Å². The molecule has 0 fully saturated rings. The molecular weight excluding hydrogens is 348 g/mol. The lowest BCUT2D eigenvalue weighted by Gasteiger charge is -2.08. The lowest BCUT2D eigenvalue weighted by molar-refractivity contribution is 0.410. The van der Waals surface area contributed by atoms with Crippen molar-refractivity contribution in [2.45, 2.75) is 17.8 Å². The quantitative estimate of drug-likeness (QED) is 0.584. The van der Waals surface area contributed by atoms with Gasteiger partial charge in [0.25, 0.3) is 0 Å². The number of aromatic amines is 1. The lowest BCUT2D eigenvalue weighted by Crippen LogP contribution is -2.03. The van der Waals surface area contributed by atoms with E-state index in [1.165, 1.54) is 14.0 Å². The van der Waals surface area contributed by atoms with E-state index in [-0.39, 0.29) is 28.2 Å². The van der Waals surface area contributed by atoms with Gasteiger partial charge >= 0.3 is 0 Å². The minimum atomic E-state index is -2.58. The summed E-state index contributed by atoms with van der Waals surface area (Å²) in [7, 11) is -1.13. The predicted octanol–water partition coefficient (Wildman–Crippen LogP) is 3.37. The number of fused-ring (bicyclic) bond motifs is 1. The highest BCUT2D eigenvalue weighted by molar-refractivity contribution is 7.84. The van der Waals surface area contributed by atoms with E-state index in [0.717, 1.165) is 10.7 Å². The number of nitrogens with one attached hydrogen (secondary N) is 1. The molecule has 1 N–H and O–H groups in total. The van der Waals surface area contributed by atoms with Crippen molar-refractivity contribution in [2.75, 3.05) is 7.11 Å². The smallest absolute Gasteiger partial charge is 0.197 e. The molecule has 4 aromatic rings. The molecule has 26 heavy (non-hydrogen) atoms. The summed E-state index contributed by atoms with van der Waals surface area (Å²) in [4.78, 5) is 8.97. The summed E-state index contributed by atoms with van der Waals surface area (Å²) in [5, 5.41) is -0.286. The van der Waals surface area contributed by atoms with Gasteiger partial charge in [0.1, 0.15) is 5.75 Å². The van der Waals surface area contributed by atoms with Crippen molar-refractivity contribution >= 4 is 21.8 Å². The van der Waals surface area contributed by atoms with Gasteiger partial charge in [0, 0.05) is 32.6 Å². The molecule has 1 atom stereocenters. The zero-order valence-electron chi connectivity index (χ0n) is 19.1. The van der Waals surface area contributed by atoms with E-state index in [2.05, 4.69) is 9.97 Å². The number of imidazole rings is 1. The molecule has 7 heteroatoms. The number of nitrogens with zero attached hydrogens (tertiary/aromatic N) is 3. The van der Waals surface area contributed by atoms with Crippen molar-refractivity contribution in [1.29, 1.82) is 0 Å². The number of hydrogen-bond donors (Lipinski definition) is 1. The number of benzene rings is 1. The third kappa shape index (κ3) is 3.01. The first-order valence-corrected chi connectivity index (χ1v) is 8.91. The molecule has 1 unspecified atom stereocenters. The van der Waals surface area contributed by atoms with Crippen LogP contribution < -0.4 is 4.74 Å². The highest BCUT2D eigenvalue weighted by Gasteiger charge is 2.15. The highest BCUT2D eigenvalue weighted by Crippen LogP contribution is 2.22. The monoisotopic (exact) mass is 371 g/mol. The summed E-state index contributed by atoms with van der Waals surface area (Å²) in [6.07, 6.45) is 3.22. The van der Waals surface area contributed by atoms with Gasteiger partial charge in [0.2, 0.25) is 0 Å². The Morgan fingerprint density at radius 1 is 1.42 bits per heavy atom. The second kappa shape index (κ2) is 6.76. The Morgan fingerprint density at radius 3 is 3.00 bits per heavy atom. The number of H-pyrrole nitrogens is 1.